The highest BCUT2D eigenvalue weighted by atomic mass is 127. The number of guanidine groups is 1. The Kier molecular flexibility index (Phi) is 8.62. The van der Waals surface area contributed by atoms with Crippen molar-refractivity contribution in [2.45, 2.75) is 19.1 Å². The number of aromatic nitrogens is 1. The lowest BCUT2D eigenvalue weighted by atomic mass is 10.1. The minimum Gasteiger partial charge on any atom is -0.497 e. The molecule has 0 aliphatic rings. The Bertz CT molecular complexity index is 724. The van der Waals surface area contributed by atoms with Crippen LogP contribution < -0.4 is 15.8 Å². The van der Waals surface area contributed by atoms with E-state index in [1.165, 1.54) is 19.2 Å². The second-order valence-electron chi connectivity index (χ2n) is 5.22. The van der Waals surface area contributed by atoms with Crippen molar-refractivity contribution < 1.29 is 17.9 Å². The Balaban J connectivity index is 0.00000338. The molecule has 0 amide bonds. The van der Waals surface area contributed by atoms with E-state index in [1.807, 2.05) is 18.2 Å². The zero-order chi connectivity index (χ0) is 18.3. The largest absolute Gasteiger partial charge is 0.497 e. The Morgan fingerprint density at radius 1 is 1.27 bits per heavy atom. The van der Waals surface area contributed by atoms with Crippen molar-refractivity contribution in [2.75, 3.05) is 13.7 Å². The van der Waals surface area contributed by atoms with Gasteiger partial charge in [-0.05, 0) is 29.8 Å². The molecular formula is C17H20F3IN4O. The van der Waals surface area contributed by atoms with Gasteiger partial charge in [-0.1, -0.05) is 12.1 Å². The van der Waals surface area contributed by atoms with Crippen LogP contribution in [0.15, 0.2) is 47.6 Å². The number of alkyl halides is 3. The molecule has 0 saturated carbocycles. The van der Waals surface area contributed by atoms with E-state index < -0.39 is 11.7 Å². The first-order valence-electron chi connectivity index (χ1n) is 7.58. The summed E-state index contributed by atoms with van der Waals surface area (Å²) in [6, 6.07) is 9.33. The van der Waals surface area contributed by atoms with Gasteiger partial charge in [0.1, 0.15) is 5.75 Å². The molecule has 9 heteroatoms. The summed E-state index contributed by atoms with van der Waals surface area (Å²) in [4.78, 5) is 8.14. The van der Waals surface area contributed by atoms with Crippen molar-refractivity contribution >= 4 is 29.9 Å². The highest BCUT2D eigenvalue weighted by molar-refractivity contribution is 14.0. The lowest BCUT2D eigenvalue weighted by Crippen LogP contribution is -2.33. The van der Waals surface area contributed by atoms with Crippen LogP contribution in [0.3, 0.4) is 0 Å². The summed E-state index contributed by atoms with van der Waals surface area (Å²) in [7, 11) is 1.32. The normalized spacial score (nSPS) is 11.6. The monoisotopic (exact) mass is 480 g/mol. The van der Waals surface area contributed by atoms with E-state index in [9.17, 15) is 13.2 Å². The zero-order valence-corrected chi connectivity index (χ0v) is 16.4. The van der Waals surface area contributed by atoms with Crippen molar-refractivity contribution in [3.8, 4) is 5.75 Å². The van der Waals surface area contributed by atoms with Crippen LogP contribution in [0.25, 0.3) is 0 Å². The standard InChI is InChI=1S/C17H19F3N4O.HI/c1-25-14-6-5-12(15(10-14)17(18,19)20)11-24-16(21)23-9-7-13-4-2-3-8-22-13;/h2-6,8,10H,7,9,11H2,1H3,(H3,21,23,24);1H. The number of ether oxygens (including phenoxy) is 1. The first-order valence-corrected chi connectivity index (χ1v) is 7.58. The second kappa shape index (κ2) is 10.2. The SMILES string of the molecule is COc1ccc(CN=C(N)NCCc2ccccn2)c(C(F)(F)F)c1.I. The topological polar surface area (TPSA) is 72.5 Å². The number of nitrogens with one attached hydrogen (secondary N) is 1. The first kappa shape index (κ1) is 22.0. The van der Waals surface area contributed by atoms with Gasteiger partial charge in [-0.2, -0.15) is 13.2 Å². The Morgan fingerprint density at radius 3 is 2.65 bits per heavy atom. The predicted molar refractivity (Wildman–Crippen MR) is 105 cm³/mol. The van der Waals surface area contributed by atoms with Crippen molar-refractivity contribution in [1.82, 2.24) is 10.3 Å². The van der Waals surface area contributed by atoms with Crippen LogP contribution in [-0.2, 0) is 19.1 Å². The highest BCUT2D eigenvalue weighted by Crippen LogP contribution is 2.34. The number of rotatable bonds is 6. The summed E-state index contributed by atoms with van der Waals surface area (Å²) in [6.07, 6.45) is -2.16. The summed E-state index contributed by atoms with van der Waals surface area (Å²) < 4.78 is 44.2. The summed E-state index contributed by atoms with van der Waals surface area (Å²) >= 11 is 0. The predicted octanol–water partition coefficient (Wildman–Crippen LogP) is 3.37. The second-order valence-corrected chi connectivity index (χ2v) is 5.22. The smallest absolute Gasteiger partial charge is 0.416 e. The van der Waals surface area contributed by atoms with Gasteiger partial charge in [0.15, 0.2) is 5.96 Å². The molecule has 0 spiro atoms. The van der Waals surface area contributed by atoms with Crippen LogP contribution in [0, 0.1) is 0 Å². The number of pyridine rings is 1. The Labute approximate surface area is 166 Å². The van der Waals surface area contributed by atoms with Gasteiger partial charge in [-0.25, -0.2) is 4.99 Å². The van der Waals surface area contributed by atoms with E-state index in [0.717, 1.165) is 11.8 Å². The van der Waals surface area contributed by atoms with Gasteiger partial charge < -0.3 is 15.8 Å². The lowest BCUT2D eigenvalue weighted by Gasteiger charge is -2.13. The molecular weight excluding hydrogens is 460 g/mol. The molecule has 0 aliphatic heterocycles. The molecule has 0 aliphatic carbocycles. The quantitative estimate of drug-likeness (QED) is 0.378. The fraction of sp³-hybridized carbons (Fsp3) is 0.294. The lowest BCUT2D eigenvalue weighted by molar-refractivity contribution is -0.138. The molecule has 0 radical (unpaired) electrons. The molecule has 0 bridgehead atoms. The maximum Gasteiger partial charge on any atom is 0.416 e. The van der Waals surface area contributed by atoms with E-state index in [-0.39, 0.29) is 47.8 Å². The van der Waals surface area contributed by atoms with Crippen LogP contribution in [0.5, 0.6) is 5.75 Å². The molecule has 26 heavy (non-hydrogen) atoms. The molecule has 3 N–H and O–H groups in total. The molecule has 2 aromatic rings. The average molecular weight is 480 g/mol. The molecule has 2 rings (SSSR count). The molecule has 0 unspecified atom stereocenters. The number of aliphatic imine (C=N–C) groups is 1. The molecule has 0 saturated heterocycles. The van der Waals surface area contributed by atoms with Crippen molar-refractivity contribution in [2.24, 2.45) is 10.7 Å². The zero-order valence-electron chi connectivity index (χ0n) is 14.1. The minimum absolute atomic E-state index is 0. The summed E-state index contributed by atoms with van der Waals surface area (Å²) in [5, 5.41) is 2.86. The maximum absolute atomic E-state index is 13.1. The van der Waals surface area contributed by atoms with Crippen LogP contribution in [0.2, 0.25) is 0 Å². The van der Waals surface area contributed by atoms with Crippen LogP contribution in [-0.4, -0.2) is 24.6 Å². The fourth-order valence-electron chi connectivity index (χ4n) is 2.18. The third-order valence-corrected chi connectivity index (χ3v) is 3.46. The molecule has 1 aromatic carbocycles. The van der Waals surface area contributed by atoms with Gasteiger partial charge in [0, 0.05) is 24.9 Å². The summed E-state index contributed by atoms with van der Waals surface area (Å²) in [5.74, 6) is 0.224. The van der Waals surface area contributed by atoms with Crippen molar-refractivity contribution in [3.63, 3.8) is 0 Å². The number of nitrogens with zero attached hydrogens (tertiary/aromatic N) is 2. The molecule has 1 aromatic heterocycles. The van der Waals surface area contributed by atoms with Crippen LogP contribution >= 0.6 is 24.0 Å². The fourth-order valence-corrected chi connectivity index (χ4v) is 2.18. The van der Waals surface area contributed by atoms with Crippen molar-refractivity contribution in [3.05, 3.63) is 59.4 Å². The number of halogens is 4. The minimum atomic E-state index is -4.49. The highest BCUT2D eigenvalue weighted by Gasteiger charge is 2.33. The number of methoxy groups -OCH3 is 1. The van der Waals surface area contributed by atoms with Gasteiger partial charge >= 0.3 is 6.18 Å². The van der Waals surface area contributed by atoms with Crippen LogP contribution in [0.1, 0.15) is 16.8 Å². The first-order chi connectivity index (χ1) is 11.9. The van der Waals surface area contributed by atoms with Gasteiger partial charge in [0.05, 0.1) is 19.2 Å². The third-order valence-electron chi connectivity index (χ3n) is 3.46. The van der Waals surface area contributed by atoms with Gasteiger partial charge in [0.25, 0.3) is 0 Å². The summed E-state index contributed by atoms with van der Waals surface area (Å²) in [6.45, 7) is 0.308. The van der Waals surface area contributed by atoms with E-state index in [0.29, 0.717) is 13.0 Å². The number of benzene rings is 1. The van der Waals surface area contributed by atoms with E-state index in [2.05, 4.69) is 15.3 Å². The van der Waals surface area contributed by atoms with Gasteiger partial charge in [-0.3, -0.25) is 4.98 Å². The van der Waals surface area contributed by atoms with Gasteiger partial charge in [-0.15, -0.1) is 24.0 Å². The molecule has 5 nitrogen and oxygen atoms in total. The number of hydrogen-bond acceptors (Lipinski definition) is 3. The number of nitrogens with two attached hydrogens (primary N) is 1. The van der Waals surface area contributed by atoms with E-state index in [4.69, 9.17) is 10.5 Å². The molecule has 1 heterocycles. The Hall–Kier alpha value is -2.04. The Morgan fingerprint density at radius 2 is 2.04 bits per heavy atom. The molecule has 0 fully saturated rings. The van der Waals surface area contributed by atoms with E-state index >= 15 is 0 Å². The molecule has 0 atom stereocenters. The van der Waals surface area contributed by atoms with Crippen molar-refractivity contribution in [1.29, 1.82) is 0 Å². The number of hydrogen-bond donors (Lipinski definition) is 2. The van der Waals surface area contributed by atoms with E-state index in [1.54, 1.807) is 6.20 Å². The molecule has 142 valence electrons. The third kappa shape index (κ3) is 6.70. The van der Waals surface area contributed by atoms with Gasteiger partial charge in [0.2, 0.25) is 0 Å². The summed E-state index contributed by atoms with van der Waals surface area (Å²) in [5.41, 5.74) is 5.85. The van der Waals surface area contributed by atoms with Crippen LogP contribution in [0.4, 0.5) is 13.2 Å². The average Bonchev–Trinajstić information content (AvgIpc) is 2.60. The maximum atomic E-state index is 13.1.